The normalized spacial score (nSPS) is 15.4. The van der Waals surface area contributed by atoms with Crippen LogP contribution in [0.1, 0.15) is 39.0 Å². The van der Waals surface area contributed by atoms with E-state index in [0.29, 0.717) is 31.0 Å². The average Bonchev–Trinajstić information content (AvgIpc) is 2.60. The van der Waals surface area contributed by atoms with Crippen molar-refractivity contribution < 1.29 is 9.53 Å². The lowest BCUT2D eigenvalue weighted by Gasteiger charge is -2.30. The van der Waals surface area contributed by atoms with Gasteiger partial charge in [-0.1, -0.05) is 0 Å². The van der Waals surface area contributed by atoms with Gasteiger partial charge in [0.15, 0.2) is 0 Å². The number of nitrogens with one attached hydrogen (secondary N) is 2. The number of alkyl carbamates (subject to hydrolysis) is 1. The third-order valence-electron chi connectivity index (χ3n) is 4.63. The molecule has 1 aromatic heterocycles. The number of amides is 1. The van der Waals surface area contributed by atoms with Crippen LogP contribution < -0.4 is 16.6 Å². The number of aromatic nitrogens is 2. The first-order valence-electron chi connectivity index (χ1n) is 9.80. The molecule has 0 fully saturated rings. The molecule has 2 heterocycles. The molecule has 4 N–H and O–H groups in total. The highest BCUT2D eigenvalue weighted by molar-refractivity contribution is 5.68. The van der Waals surface area contributed by atoms with E-state index in [2.05, 4.69) is 15.2 Å². The van der Waals surface area contributed by atoms with Crippen LogP contribution in [0.3, 0.4) is 0 Å². The number of carbonyl (C=O) groups is 1. The lowest BCUT2D eigenvalue weighted by molar-refractivity contribution is 0.0495. The fraction of sp³-hybridized carbons (Fsp3) is 0.476. The Kier molecular flexibility index (Phi) is 5.93. The van der Waals surface area contributed by atoms with Crippen molar-refractivity contribution in [1.82, 2.24) is 20.2 Å². The van der Waals surface area contributed by atoms with Crippen LogP contribution in [0.15, 0.2) is 29.1 Å². The molecule has 0 spiro atoms. The molecule has 8 nitrogen and oxygen atoms in total. The zero-order chi connectivity index (χ0) is 21.2. The van der Waals surface area contributed by atoms with Crippen molar-refractivity contribution in [2.24, 2.45) is 0 Å². The largest absolute Gasteiger partial charge is 0.444 e. The van der Waals surface area contributed by atoms with E-state index in [1.807, 2.05) is 39.8 Å². The molecule has 0 bridgehead atoms. The molecule has 1 aliphatic heterocycles. The molecule has 0 aliphatic carbocycles. The molecule has 0 saturated heterocycles. The average molecular weight is 399 g/mol. The molecule has 0 saturated carbocycles. The van der Waals surface area contributed by atoms with Gasteiger partial charge < -0.3 is 20.8 Å². The molecule has 1 aliphatic rings. The summed E-state index contributed by atoms with van der Waals surface area (Å²) in [6, 6.07) is 7.15. The first kappa shape index (κ1) is 20.9. The van der Waals surface area contributed by atoms with Crippen LogP contribution in [0.4, 0.5) is 10.5 Å². The number of hydrogen-bond acceptors (Lipinski definition) is 6. The van der Waals surface area contributed by atoms with E-state index in [-0.39, 0.29) is 11.6 Å². The van der Waals surface area contributed by atoms with Crippen molar-refractivity contribution in [3.05, 3.63) is 45.9 Å². The van der Waals surface area contributed by atoms with Gasteiger partial charge in [-0.05, 0) is 58.4 Å². The first-order valence-corrected chi connectivity index (χ1v) is 9.80. The lowest BCUT2D eigenvalue weighted by Crippen LogP contribution is -2.46. The molecule has 8 heteroatoms. The van der Waals surface area contributed by atoms with Crippen LogP contribution in [-0.4, -0.2) is 45.7 Å². The van der Waals surface area contributed by atoms with Gasteiger partial charge in [0.2, 0.25) is 0 Å². The van der Waals surface area contributed by atoms with Crippen molar-refractivity contribution >= 4 is 11.8 Å². The van der Waals surface area contributed by atoms with E-state index >= 15 is 0 Å². The highest BCUT2D eigenvalue weighted by atomic mass is 16.6. The molecule has 2 aromatic rings. The van der Waals surface area contributed by atoms with Gasteiger partial charge in [0, 0.05) is 42.5 Å². The molecule has 0 radical (unpaired) electrons. The first-order chi connectivity index (χ1) is 13.6. The van der Waals surface area contributed by atoms with E-state index in [9.17, 15) is 9.59 Å². The standard InChI is InChI=1S/C21H29N5O3/c1-13(23-20(28)29-21(2,3)4)11-26-10-9-16-17(12-26)24-18(25-19(16)27)14-5-7-15(22)8-6-14/h5-8,13H,9-12,22H2,1-4H3,(H,23,28)(H,24,25,27). The number of nitrogens with two attached hydrogens (primary N) is 1. The number of H-pyrrole nitrogens is 1. The molecule has 156 valence electrons. The fourth-order valence-corrected chi connectivity index (χ4v) is 3.37. The smallest absolute Gasteiger partial charge is 0.407 e. The minimum atomic E-state index is -0.530. The zero-order valence-corrected chi connectivity index (χ0v) is 17.4. The van der Waals surface area contributed by atoms with Gasteiger partial charge in [-0.25, -0.2) is 9.78 Å². The predicted octanol–water partition coefficient (Wildman–Crippen LogP) is 2.29. The van der Waals surface area contributed by atoms with E-state index in [0.717, 1.165) is 23.4 Å². The number of nitrogens with zero attached hydrogens (tertiary/aromatic N) is 2. The summed E-state index contributed by atoms with van der Waals surface area (Å²) in [6.45, 7) is 9.37. The topological polar surface area (TPSA) is 113 Å². The summed E-state index contributed by atoms with van der Waals surface area (Å²) < 4.78 is 5.31. The van der Waals surface area contributed by atoms with Gasteiger partial charge in [-0.3, -0.25) is 9.69 Å². The summed E-state index contributed by atoms with van der Waals surface area (Å²) in [5.74, 6) is 0.538. The Labute approximate surface area is 170 Å². The maximum Gasteiger partial charge on any atom is 0.407 e. The Bertz CT molecular complexity index is 931. The molecule has 1 unspecified atom stereocenters. The molecule has 1 atom stereocenters. The number of anilines is 1. The van der Waals surface area contributed by atoms with Gasteiger partial charge >= 0.3 is 6.09 Å². The molecule has 1 aromatic carbocycles. The molecule has 29 heavy (non-hydrogen) atoms. The van der Waals surface area contributed by atoms with Crippen LogP contribution >= 0.6 is 0 Å². The molecule has 1 amide bonds. The SMILES string of the molecule is CC(CN1CCc2c(nc(-c3ccc(N)cc3)[nH]c2=O)C1)NC(=O)OC(C)(C)C. The summed E-state index contributed by atoms with van der Waals surface area (Å²) in [6.07, 6.45) is 0.196. The van der Waals surface area contributed by atoms with Crippen molar-refractivity contribution in [3.8, 4) is 11.4 Å². The minimum absolute atomic E-state index is 0.0926. The van der Waals surface area contributed by atoms with Crippen LogP contribution in [0.25, 0.3) is 11.4 Å². The Hall–Kier alpha value is -2.87. The van der Waals surface area contributed by atoms with E-state index < -0.39 is 11.7 Å². The second-order valence-corrected chi connectivity index (χ2v) is 8.49. The van der Waals surface area contributed by atoms with Crippen LogP contribution in [0.2, 0.25) is 0 Å². The van der Waals surface area contributed by atoms with E-state index in [4.69, 9.17) is 15.5 Å². The maximum absolute atomic E-state index is 12.5. The van der Waals surface area contributed by atoms with Crippen LogP contribution in [0, 0.1) is 0 Å². The number of hydrogen-bond donors (Lipinski definition) is 3. The van der Waals surface area contributed by atoms with Gasteiger partial charge in [-0.2, -0.15) is 0 Å². The monoisotopic (exact) mass is 399 g/mol. The molecular formula is C21H29N5O3. The second-order valence-electron chi connectivity index (χ2n) is 8.49. The summed E-state index contributed by atoms with van der Waals surface area (Å²) in [7, 11) is 0. The summed E-state index contributed by atoms with van der Waals surface area (Å²) >= 11 is 0. The molecule has 3 rings (SSSR count). The summed E-state index contributed by atoms with van der Waals surface area (Å²) in [5.41, 5.74) is 8.09. The predicted molar refractivity (Wildman–Crippen MR) is 113 cm³/mol. The minimum Gasteiger partial charge on any atom is -0.444 e. The number of benzene rings is 1. The Morgan fingerprint density at radius 2 is 2.03 bits per heavy atom. The van der Waals surface area contributed by atoms with E-state index in [1.54, 1.807) is 12.1 Å². The zero-order valence-electron chi connectivity index (χ0n) is 17.4. The van der Waals surface area contributed by atoms with Gasteiger partial charge in [0.05, 0.1) is 5.69 Å². The Morgan fingerprint density at radius 1 is 1.34 bits per heavy atom. The van der Waals surface area contributed by atoms with Crippen molar-refractivity contribution in [2.75, 3.05) is 18.8 Å². The Balaban J connectivity index is 1.69. The summed E-state index contributed by atoms with van der Waals surface area (Å²) in [5, 5.41) is 2.86. The quantitative estimate of drug-likeness (QED) is 0.680. The van der Waals surface area contributed by atoms with Gasteiger partial charge in [0.25, 0.3) is 5.56 Å². The fourth-order valence-electron chi connectivity index (χ4n) is 3.37. The number of nitrogen functional groups attached to an aromatic ring is 1. The van der Waals surface area contributed by atoms with Gasteiger partial charge in [-0.15, -0.1) is 0 Å². The second kappa shape index (κ2) is 8.24. The number of rotatable bonds is 4. The highest BCUT2D eigenvalue weighted by Gasteiger charge is 2.24. The van der Waals surface area contributed by atoms with Crippen LogP contribution in [-0.2, 0) is 17.7 Å². The number of carbonyl (C=O) groups excluding carboxylic acids is 1. The van der Waals surface area contributed by atoms with Crippen LogP contribution in [0.5, 0.6) is 0 Å². The van der Waals surface area contributed by atoms with Crippen molar-refractivity contribution in [1.29, 1.82) is 0 Å². The van der Waals surface area contributed by atoms with E-state index in [1.165, 1.54) is 0 Å². The highest BCUT2D eigenvalue weighted by Crippen LogP contribution is 2.20. The van der Waals surface area contributed by atoms with Crippen molar-refractivity contribution in [2.45, 2.75) is 52.3 Å². The number of ether oxygens (including phenoxy) is 1. The lowest BCUT2D eigenvalue weighted by atomic mass is 10.1. The third kappa shape index (κ3) is 5.57. The third-order valence-corrected chi connectivity index (χ3v) is 4.63. The number of fused-ring (bicyclic) bond motifs is 1. The summed E-state index contributed by atoms with van der Waals surface area (Å²) in [4.78, 5) is 34.2. The van der Waals surface area contributed by atoms with Crippen molar-refractivity contribution in [3.63, 3.8) is 0 Å². The number of aromatic amines is 1. The molecular weight excluding hydrogens is 370 g/mol. The van der Waals surface area contributed by atoms with Gasteiger partial charge in [0.1, 0.15) is 11.4 Å². The Morgan fingerprint density at radius 3 is 2.69 bits per heavy atom. The maximum atomic E-state index is 12.5.